The van der Waals surface area contributed by atoms with Crippen molar-refractivity contribution in [3.8, 4) is 5.75 Å². The van der Waals surface area contributed by atoms with Gasteiger partial charge >= 0.3 is 0 Å². The summed E-state index contributed by atoms with van der Waals surface area (Å²) in [6, 6.07) is 3.62. The molecule has 0 saturated carbocycles. The van der Waals surface area contributed by atoms with Gasteiger partial charge in [0.25, 0.3) is 0 Å². The highest BCUT2D eigenvalue weighted by Crippen LogP contribution is 2.28. The third-order valence-corrected chi connectivity index (χ3v) is 2.12. The van der Waals surface area contributed by atoms with Gasteiger partial charge in [0, 0.05) is 12.0 Å². The number of amidine groups is 1. The van der Waals surface area contributed by atoms with Gasteiger partial charge in [-0.15, -0.1) is 0 Å². The lowest BCUT2D eigenvalue weighted by Crippen LogP contribution is -2.13. The molecule has 0 aliphatic carbocycles. The van der Waals surface area contributed by atoms with E-state index in [4.69, 9.17) is 20.3 Å². The third-order valence-electron chi connectivity index (χ3n) is 2.12. The second-order valence-electron chi connectivity index (χ2n) is 3.16. The zero-order chi connectivity index (χ0) is 10.8. The highest BCUT2D eigenvalue weighted by atomic mass is 16.5. The average molecular weight is 205 g/mol. The van der Waals surface area contributed by atoms with Crippen molar-refractivity contribution in [2.75, 3.05) is 7.11 Å². The lowest BCUT2D eigenvalue weighted by atomic mass is 10.1. The number of benzene rings is 1. The van der Waals surface area contributed by atoms with E-state index >= 15 is 0 Å². The minimum absolute atomic E-state index is 0.0937. The Morgan fingerprint density at radius 2 is 2.40 bits per heavy atom. The highest BCUT2D eigenvalue weighted by Gasteiger charge is 2.11. The highest BCUT2D eigenvalue weighted by molar-refractivity contribution is 5.86. The van der Waals surface area contributed by atoms with Crippen LogP contribution >= 0.6 is 0 Å². The zero-order valence-corrected chi connectivity index (χ0v) is 8.28. The van der Waals surface area contributed by atoms with Gasteiger partial charge < -0.3 is 14.9 Å². The minimum atomic E-state index is 0.0937. The molecule has 0 bridgehead atoms. The lowest BCUT2D eigenvalue weighted by Gasteiger charge is -2.07. The molecule has 1 heterocycles. The number of aromatic nitrogens is 1. The molecule has 0 atom stereocenters. The first-order chi connectivity index (χ1) is 7.22. The SMILES string of the molecule is COc1c(CC(=N)N)ccc2ocnc12. The van der Waals surface area contributed by atoms with E-state index in [1.165, 1.54) is 6.39 Å². The van der Waals surface area contributed by atoms with Crippen molar-refractivity contribution >= 4 is 16.9 Å². The number of methoxy groups -OCH3 is 1. The number of hydrogen-bond donors (Lipinski definition) is 2. The summed E-state index contributed by atoms with van der Waals surface area (Å²) in [7, 11) is 1.56. The fraction of sp³-hybridized carbons (Fsp3) is 0.200. The molecule has 0 aliphatic rings. The van der Waals surface area contributed by atoms with Crippen molar-refractivity contribution < 1.29 is 9.15 Å². The van der Waals surface area contributed by atoms with Crippen LogP contribution in [-0.2, 0) is 6.42 Å². The van der Waals surface area contributed by atoms with Crippen molar-refractivity contribution in [3.05, 3.63) is 24.1 Å². The minimum Gasteiger partial charge on any atom is -0.494 e. The maximum Gasteiger partial charge on any atom is 0.182 e. The topological polar surface area (TPSA) is 85.1 Å². The summed E-state index contributed by atoms with van der Waals surface area (Å²) in [4.78, 5) is 4.05. The van der Waals surface area contributed by atoms with Gasteiger partial charge in [-0.3, -0.25) is 5.41 Å². The number of nitrogens with one attached hydrogen (secondary N) is 1. The first-order valence-electron chi connectivity index (χ1n) is 4.44. The van der Waals surface area contributed by atoms with E-state index in [1.54, 1.807) is 13.2 Å². The average Bonchev–Trinajstić information content (AvgIpc) is 2.64. The molecule has 5 heteroatoms. The Morgan fingerprint density at radius 3 is 3.07 bits per heavy atom. The summed E-state index contributed by atoms with van der Waals surface area (Å²) in [5.41, 5.74) is 7.52. The predicted octanol–water partition coefficient (Wildman–Crippen LogP) is 1.31. The van der Waals surface area contributed by atoms with Crippen LogP contribution in [0.2, 0.25) is 0 Å². The van der Waals surface area contributed by atoms with Gasteiger partial charge in [0.15, 0.2) is 23.2 Å². The summed E-state index contributed by atoms with van der Waals surface area (Å²) in [5, 5.41) is 7.25. The summed E-state index contributed by atoms with van der Waals surface area (Å²) in [5.74, 6) is 0.715. The molecule has 78 valence electrons. The van der Waals surface area contributed by atoms with Crippen molar-refractivity contribution in [2.24, 2.45) is 5.73 Å². The second kappa shape index (κ2) is 3.61. The van der Waals surface area contributed by atoms with Crippen molar-refractivity contribution in [3.63, 3.8) is 0 Å². The molecule has 2 aromatic rings. The number of oxazole rings is 1. The fourth-order valence-corrected chi connectivity index (χ4v) is 1.52. The summed E-state index contributed by atoms with van der Waals surface area (Å²) in [6.07, 6.45) is 1.72. The van der Waals surface area contributed by atoms with Gasteiger partial charge in [0.2, 0.25) is 0 Å². The number of ether oxygens (including phenoxy) is 1. The van der Waals surface area contributed by atoms with Crippen LogP contribution in [0.15, 0.2) is 22.9 Å². The smallest absolute Gasteiger partial charge is 0.182 e. The summed E-state index contributed by atoms with van der Waals surface area (Å²) < 4.78 is 10.4. The molecular weight excluding hydrogens is 194 g/mol. The Bertz CT molecular complexity index is 504. The van der Waals surface area contributed by atoms with Gasteiger partial charge in [-0.05, 0) is 6.07 Å². The first-order valence-corrected chi connectivity index (χ1v) is 4.44. The van der Waals surface area contributed by atoms with Gasteiger partial charge in [-0.2, -0.15) is 0 Å². The first kappa shape index (κ1) is 9.51. The van der Waals surface area contributed by atoms with Crippen LogP contribution < -0.4 is 10.5 Å². The molecule has 0 saturated heterocycles. The Labute approximate surface area is 86.4 Å². The molecule has 0 fully saturated rings. The molecule has 0 aliphatic heterocycles. The summed E-state index contributed by atoms with van der Waals surface area (Å²) >= 11 is 0. The van der Waals surface area contributed by atoms with E-state index in [-0.39, 0.29) is 5.84 Å². The van der Waals surface area contributed by atoms with E-state index in [9.17, 15) is 0 Å². The van der Waals surface area contributed by atoms with Crippen LogP contribution in [0.1, 0.15) is 5.56 Å². The van der Waals surface area contributed by atoms with Crippen LogP contribution in [0.25, 0.3) is 11.1 Å². The second-order valence-corrected chi connectivity index (χ2v) is 3.16. The molecule has 2 rings (SSSR count). The van der Waals surface area contributed by atoms with Gasteiger partial charge in [0.05, 0.1) is 12.9 Å². The predicted molar refractivity (Wildman–Crippen MR) is 56.2 cm³/mol. The largest absolute Gasteiger partial charge is 0.494 e. The molecule has 3 N–H and O–H groups in total. The number of nitrogens with zero attached hydrogens (tertiary/aromatic N) is 1. The van der Waals surface area contributed by atoms with Crippen molar-refractivity contribution in [1.82, 2.24) is 4.98 Å². The standard InChI is InChI=1S/C10H11N3O2/c1-14-10-6(4-8(11)12)2-3-7-9(10)13-5-15-7/h2-3,5H,4H2,1H3,(H3,11,12). The quantitative estimate of drug-likeness (QED) is 0.584. The Morgan fingerprint density at radius 1 is 1.60 bits per heavy atom. The van der Waals surface area contributed by atoms with Gasteiger partial charge in [0.1, 0.15) is 0 Å². The van der Waals surface area contributed by atoms with Crippen LogP contribution in [0.3, 0.4) is 0 Å². The monoisotopic (exact) mass is 205 g/mol. The maximum atomic E-state index is 7.25. The van der Waals surface area contributed by atoms with Crippen molar-refractivity contribution in [2.45, 2.75) is 6.42 Å². The number of nitrogens with two attached hydrogens (primary N) is 1. The molecule has 5 nitrogen and oxygen atoms in total. The Kier molecular flexibility index (Phi) is 2.29. The molecule has 1 aromatic heterocycles. The normalized spacial score (nSPS) is 10.5. The third kappa shape index (κ3) is 1.63. The Balaban J connectivity index is 2.58. The zero-order valence-electron chi connectivity index (χ0n) is 8.28. The molecule has 15 heavy (non-hydrogen) atoms. The van der Waals surface area contributed by atoms with Crippen LogP contribution in [0, 0.1) is 5.41 Å². The van der Waals surface area contributed by atoms with E-state index < -0.39 is 0 Å². The van der Waals surface area contributed by atoms with Gasteiger partial charge in [-0.25, -0.2) is 4.98 Å². The van der Waals surface area contributed by atoms with Crippen LogP contribution in [-0.4, -0.2) is 17.9 Å². The molecule has 0 radical (unpaired) electrons. The van der Waals surface area contributed by atoms with E-state index in [1.807, 2.05) is 6.07 Å². The molecule has 1 aromatic carbocycles. The molecule has 0 unspecified atom stereocenters. The van der Waals surface area contributed by atoms with E-state index in [2.05, 4.69) is 4.98 Å². The fourth-order valence-electron chi connectivity index (χ4n) is 1.52. The number of rotatable bonds is 3. The van der Waals surface area contributed by atoms with Crippen LogP contribution in [0.5, 0.6) is 5.75 Å². The maximum absolute atomic E-state index is 7.25. The summed E-state index contributed by atoms with van der Waals surface area (Å²) in [6.45, 7) is 0. The molecule has 0 spiro atoms. The number of hydrogen-bond acceptors (Lipinski definition) is 4. The van der Waals surface area contributed by atoms with Crippen LogP contribution in [0.4, 0.5) is 0 Å². The van der Waals surface area contributed by atoms with Gasteiger partial charge in [-0.1, -0.05) is 6.07 Å². The molecular formula is C10H11N3O2. The van der Waals surface area contributed by atoms with E-state index in [0.717, 1.165) is 5.56 Å². The number of fused-ring (bicyclic) bond motifs is 1. The Hall–Kier alpha value is -2.04. The molecule has 0 amide bonds. The van der Waals surface area contributed by atoms with E-state index in [0.29, 0.717) is 23.3 Å². The van der Waals surface area contributed by atoms with Crippen molar-refractivity contribution in [1.29, 1.82) is 5.41 Å². The lowest BCUT2D eigenvalue weighted by molar-refractivity contribution is 0.415.